The minimum absolute atomic E-state index is 0. The first-order chi connectivity index (χ1) is 4.86. The number of carbonyl (C=O) groups is 1. The molecule has 0 radical (unpaired) electrons. The van der Waals surface area contributed by atoms with Crippen molar-refractivity contribution in [2.75, 3.05) is 0 Å². The maximum atomic E-state index is 10.7. The van der Waals surface area contributed by atoms with Gasteiger partial charge in [0.1, 0.15) is 0 Å². The van der Waals surface area contributed by atoms with Gasteiger partial charge in [0.15, 0.2) is 0 Å². The van der Waals surface area contributed by atoms with Gasteiger partial charge in [-0.25, -0.2) is 4.99 Å². The Morgan fingerprint density at radius 2 is 1.91 bits per heavy atom. The third-order valence-electron chi connectivity index (χ3n) is 1.45. The lowest BCUT2D eigenvalue weighted by atomic mass is 10.3. The van der Waals surface area contributed by atoms with Gasteiger partial charge < -0.3 is 0 Å². The quantitative estimate of drug-likeness (QED) is 0.537. The van der Waals surface area contributed by atoms with Gasteiger partial charge in [0.2, 0.25) is 0 Å². The average Bonchev–Trinajstić information content (AvgIpc) is 2.27. The summed E-state index contributed by atoms with van der Waals surface area (Å²) in [4.78, 5) is 14.4. The van der Waals surface area contributed by atoms with Crippen LogP contribution in [0.1, 0.15) is 0 Å². The number of para-hydroxylation sites is 1. The van der Waals surface area contributed by atoms with Crippen molar-refractivity contribution in [2.45, 2.75) is 0 Å². The average molecular weight is 168 g/mol. The van der Waals surface area contributed by atoms with E-state index >= 15 is 0 Å². The number of rotatable bonds is 0. The van der Waals surface area contributed by atoms with Crippen LogP contribution in [0.5, 0.6) is 0 Å². The Labute approximate surface area is 69.7 Å². The van der Waals surface area contributed by atoms with E-state index in [-0.39, 0.29) is 18.3 Å². The molecule has 1 aliphatic rings. The van der Waals surface area contributed by atoms with E-state index in [4.69, 9.17) is 0 Å². The SMILES string of the molecule is Cl.O=C1C=c2ccccc2=N1. The zero-order valence-electron chi connectivity index (χ0n) is 5.65. The van der Waals surface area contributed by atoms with Gasteiger partial charge >= 0.3 is 0 Å². The largest absolute Gasteiger partial charge is 0.270 e. The minimum atomic E-state index is -0.152. The molecule has 0 spiro atoms. The summed E-state index contributed by atoms with van der Waals surface area (Å²) in [6.45, 7) is 0. The molecule has 1 heterocycles. The van der Waals surface area contributed by atoms with Gasteiger partial charge in [-0.05, 0) is 6.07 Å². The molecule has 0 saturated carbocycles. The number of fused-ring (bicyclic) bond motifs is 1. The summed E-state index contributed by atoms with van der Waals surface area (Å²) in [6, 6.07) is 7.47. The van der Waals surface area contributed by atoms with E-state index in [0.29, 0.717) is 0 Å². The first-order valence-corrected chi connectivity index (χ1v) is 3.06. The van der Waals surface area contributed by atoms with Crippen LogP contribution in [0.2, 0.25) is 0 Å². The van der Waals surface area contributed by atoms with Crippen molar-refractivity contribution in [1.29, 1.82) is 0 Å². The molecule has 1 aromatic carbocycles. The first-order valence-electron chi connectivity index (χ1n) is 3.06. The number of hydrogen-bond acceptors (Lipinski definition) is 1. The van der Waals surface area contributed by atoms with E-state index in [9.17, 15) is 4.79 Å². The van der Waals surface area contributed by atoms with Crippen LogP contribution in [-0.4, -0.2) is 5.91 Å². The number of halogens is 1. The fourth-order valence-electron chi connectivity index (χ4n) is 0.995. The van der Waals surface area contributed by atoms with Crippen LogP contribution < -0.4 is 10.6 Å². The Morgan fingerprint density at radius 1 is 1.18 bits per heavy atom. The molecule has 3 heteroatoms. The predicted octanol–water partition coefficient (Wildman–Crippen LogP) is 0.0487. The van der Waals surface area contributed by atoms with Gasteiger partial charge in [0, 0.05) is 11.3 Å². The van der Waals surface area contributed by atoms with E-state index in [1.54, 1.807) is 0 Å². The van der Waals surface area contributed by atoms with Crippen LogP contribution in [0, 0.1) is 0 Å². The van der Waals surface area contributed by atoms with Crippen molar-refractivity contribution in [3.63, 3.8) is 0 Å². The summed E-state index contributed by atoms with van der Waals surface area (Å²) in [5.41, 5.74) is 0. The molecule has 0 aromatic heterocycles. The molecule has 1 aromatic rings. The van der Waals surface area contributed by atoms with Gasteiger partial charge in [0.05, 0.1) is 5.36 Å². The number of benzene rings is 1. The van der Waals surface area contributed by atoms with Crippen LogP contribution in [0.15, 0.2) is 29.3 Å². The normalized spacial score (nSPS) is 12.5. The number of nitrogens with zero attached hydrogens (tertiary/aromatic N) is 1. The highest BCUT2D eigenvalue weighted by Crippen LogP contribution is 1.81. The van der Waals surface area contributed by atoms with Gasteiger partial charge in [-0.2, -0.15) is 0 Å². The molecular weight excluding hydrogens is 162 g/mol. The standard InChI is InChI=1S/C8H5NO.ClH/c10-8-5-6-3-1-2-4-7(6)9-8;/h1-5H;1H. The lowest BCUT2D eigenvalue weighted by Gasteiger charge is -1.77. The third-order valence-corrected chi connectivity index (χ3v) is 1.45. The van der Waals surface area contributed by atoms with Crippen LogP contribution in [-0.2, 0) is 4.79 Å². The van der Waals surface area contributed by atoms with Gasteiger partial charge in [-0.15, -0.1) is 12.4 Å². The highest BCUT2D eigenvalue weighted by Gasteiger charge is 1.99. The summed E-state index contributed by atoms with van der Waals surface area (Å²) in [5, 5.41) is 1.71. The summed E-state index contributed by atoms with van der Waals surface area (Å²) in [5.74, 6) is -0.152. The smallest absolute Gasteiger partial charge is 0.267 e. The van der Waals surface area contributed by atoms with Crippen LogP contribution >= 0.6 is 12.4 Å². The second-order valence-corrected chi connectivity index (χ2v) is 2.15. The Hall–Kier alpha value is -1.15. The Bertz CT molecular complexity index is 360. The lowest BCUT2D eigenvalue weighted by molar-refractivity contribution is -0.112. The molecule has 0 saturated heterocycles. The van der Waals surface area contributed by atoms with Crippen molar-refractivity contribution >= 4 is 24.4 Å². The van der Waals surface area contributed by atoms with Crippen LogP contribution in [0.4, 0.5) is 0 Å². The zero-order chi connectivity index (χ0) is 6.97. The summed E-state index contributed by atoms with van der Waals surface area (Å²) < 4.78 is 0. The molecule has 2 nitrogen and oxygen atoms in total. The Morgan fingerprint density at radius 3 is 2.64 bits per heavy atom. The van der Waals surface area contributed by atoms with E-state index in [1.807, 2.05) is 24.3 Å². The molecule has 0 N–H and O–H groups in total. The van der Waals surface area contributed by atoms with Crippen molar-refractivity contribution in [3.8, 4) is 0 Å². The fourth-order valence-corrected chi connectivity index (χ4v) is 0.995. The van der Waals surface area contributed by atoms with Gasteiger partial charge in [-0.3, -0.25) is 4.79 Å². The molecular formula is C8H6ClNO. The van der Waals surface area contributed by atoms with Crippen molar-refractivity contribution in [3.05, 3.63) is 34.8 Å². The van der Waals surface area contributed by atoms with E-state index in [2.05, 4.69) is 4.99 Å². The zero-order valence-corrected chi connectivity index (χ0v) is 6.47. The molecule has 2 rings (SSSR count). The van der Waals surface area contributed by atoms with E-state index < -0.39 is 0 Å². The van der Waals surface area contributed by atoms with Gasteiger partial charge in [0.25, 0.3) is 5.91 Å². The predicted molar refractivity (Wildman–Crippen MR) is 43.9 cm³/mol. The van der Waals surface area contributed by atoms with Crippen LogP contribution in [0.25, 0.3) is 6.08 Å². The van der Waals surface area contributed by atoms with Crippen molar-refractivity contribution in [1.82, 2.24) is 0 Å². The van der Waals surface area contributed by atoms with Gasteiger partial charge in [-0.1, -0.05) is 18.2 Å². The number of carbonyl (C=O) groups excluding carboxylic acids is 1. The maximum absolute atomic E-state index is 10.7. The molecule has 11 heavy (non-hydrogen) atoms. The molecule has 56 valence electrons. The van der Waals surface area contributed by atoms with E-state index in [0.717, 1.165) is 10.6 Å². The second-order valence-electron chi connectivity index (χ2n) is 2.15. The summed E-state index contributed by atoms with van der Waals surface area (Å²) in [6.07, 6.45) is 1.54. The highest BCUT2D eigenvalue weighted by atomic mass is 35.5. The lowest BCUT2D eigenvalue weighted by Crippen LogP contribution is -2.19. The molecule has 0 unspecified atom stereocenters. The monoisotopic (exact) mass is 167 g/mol. The Balaban J connectivity index is 0.000000605. The molecule has 1 amide bonds. The van der Waals surface area contributed by atoms with E-state index in [1.165, 1.54) is 6.08 Å². The molecule has 0 atom stereocenters. The summed E-state index contributed by atoms with van der Waals surface area (Å²) >= 11 is 0. The first kappa shape index (κ1) is 7.95. The minimum Gasteiger partial charge on any atom is -0.267 e. The number of hydrogen-bond donors (Lipinski definition) is 0. The van der Waals surface area contributed by atoms with Crippen molar-refractivity contribution in [2.24, 2.45) is 4.99 Å². The number of amides is 1. The summed E-state index contributed by atoms with van der Waals surface area (Å²) in [7, 11) is 0. The highest BCUT2D eigenvalue weighted by molar-refractivity contribution is 6.06. The molecule has 1 aliphatic heterocycles. The van der Waals surface area contributed by atoms with Crippen LogP contribution in [0.3, 0.4) is 0 Å². The maximum Gasteiger partial charge on any atom is 0.270 e. The second kappa shape index (κ2) is 2.84. The molecule has 0 aliphatic carbocycles. The Kier molecular flexibility index (Phi) is 2.06. The third kappa shape index (κ3) is 1.30. The molecule has 0 bridgehead atoms. The molecule has 0 fully saturated rings. The topological polar surface area (TPSA) is 29.4 Å². The van der Waals surface area contributed by atoms with Crippen molar-refractivity contribution < 1.29 is 4.79 Å². The fraction of sp³-hybridized carbons (Fsp3) is 0.